The Bertz CT molecular complexity index is 654. The zero-order valence-electron chi connectivity index (χ0n) is 16.7. The van der Waals surface area contributed by atoms with Crippen molar-refractivity contribution in [2.75, 3.05) is 26.8 Å². The molecular formula is C19H28Cl2N2O5S. The van der Waals surface area contributed by atoms with Crippen molar-refractivity contribution in [3.8, 4) is 0 Å². The van der Waals surface area contributed by atoms with Crippen molar-refractivity contribution in [1.29, 1.82) is 0 Å². The number of amides is 2. The lowest BCUT2D eigenvalue weighted by atomic mass is 10.1. The Morgan fingerprint density at radius 1 is 1.24 bits per heavy atom. The maximum atomic E-state index is 13.1. The van der Waals surface area contributed by atoms with Gasteiger partial charge < -0.3 is 20.1 Å². The minimum absolute atomic E-state index is 0.00129. The van der Waals surface area contributed by atoms with Gasteiger partial charge in [-0.3, -0.25) is 14.4 Å². The van der Waals surface area contributed by atoms with Crippen LogP contribution in [0.5, 0.6) is 0 Å². The SMILES string of the molecule is CCCCCN(CCCOC)C(=O)[C@@H](CCC(=O)O)NC(=O)c1cc(Cl)c(Cl)s1. The summed E-state index contributed by atoms with van der Waals surface area (Å²) in [6.45, 7) is 3.61. The van der Waals surface area contributed by atoms with Gasteiger partial charge in [0, 0.05) is 33.2 Å². The zero-order valence-corrected chi connectivity index (χ0v) is 19.0. The summed E-state index contributed by atoms with van der Waals surface area (Å²) in [4.78, 5) is 38.6. The van der Waals surface area contributed by atoms with Crippen molar-refractivity contribution < 1.29 is 24.2 Å². The van der Waals surface area contributed by atoms with E-state index in [1.54, 1.807) is 12.0 Å². The normalized spacial score (nSPS) is 11.9. The van der Waals surface area contributed by atoms with Crippen LogP contribution in [0, 0.1) is 0 Å². The Morgan fingerprint density at radius 3 is 2.48 bits per heavy atom. The molecule has 0 radical (unpaired) electrons. The molecule has 29 heavy (non-hydrogen) atoms. The van der Waals surface area contributed by atoms with Crippen LogP contribution in [-0.4, -0.2) is 60.6 Å². The first-order chi connectivity index (χ1) is 13.8. The molecule has 1 aromatic rings. The Morgan fingerprint density at radius 2 is 1.93 bits per heavy atom. The number of carbonyl (C=O) groups is 3. The minimum Gasteiger partial charge on any atom is -0.481 e. The number of rotatable bonds is 14. The molecular weight excluding hydrogens is 439 g/mol. The van der Waals surface area contributed by atoms with E-state index < -0.39 is 17.9 Å². The van der Waals surface area contributed by atoms with E-state index in [1.807, 2.05) is 0 Å². The largest absolute Gasteiger partial charge is 0.481 e. The van der Waals surface area contributed by atoms with Crippen molar-refractivity contribution in [2.24, 2.45) is 0 Å². The molecule has 2 amide bonds. The first-order valence-electron chi connectivity index (χ1n) is 9.55. The fourth-order valence-electron chi connectivity index (χ4n) is 2.72. The van der Waals surface area contributed by atoms with Crippen LogP contribution in [-0.2, 0) is 14.3 Å². The van der Waals surface area contributed by atoms with E-state index in [2.05, 4.69) is 12.2 Å². The fraction of sp³-hybridized carbons (Fsp3) is 0.632. The van der Waals surface area contributed by atoms with E-state index in [0.29, 0.717) is 26.1 Å². The van der Waals surface area contributed by atoms with Crippen molar-refractivity contribution in [1.82, 2.24) is 10.2 Å². The number of hydrogen-bond acceptors (Lipinski definition) is 5. The molecule has 164 valence electrons. The van der Waals surface area contributed by atoms with Crippen molar-refractivity contribution >= 4 is 52.3 Å². The van der Waals surface area contributed by atoms with Gasteiger partial charge in [-0.05, 0) is 25.3 Å². The zero-order chi connectivity index (χ0) is 21.8. The minimum atomic E-state index is -1.03. The first-order valence-corrected chi connectivity index (χ1v) is 11.1. The van der Waals surface area contributed by atoms with Gasteiger partial charge in [0.25, 0.3) is 5.91 Å². The second kappa shape index (κ2) is 13.8. The average molecular weight is 467 g/mol. The number of ether oxygens (including phenoxy) is 1. The Kier molecular flexibility index (Phi) is 12.2. The maximum Gasteiger partial charge on any atom is 0.303 e. The summed E-state index contributed by atoms with van der Waals surface area (Å²) in [6.07, 6.45) is 3.26. The summed E-state index contributed by atoms with van der Waals surface area (Å²) in [5, 5.41) is 12.0. The summed E-state index contributed by atoms with van der Waals surface area (Å²) in [7, 11) is 1.59. The van der Waals surface area contributed by atoms with Crippen molar-refractivity contribution in [2.45, 2.75) is 51.5 Å². The molecule has 1 heterocycles. The lowest BCUT2D eigenvalue weighted by Crippen LogP contribution is -2.49. The van der Waals surface area contributed by atoms with E-state index in [9.17, 15) is 14.4 Å². The highest BCUT2D eigenvalue weighted by atomic mass is 35.5. The molecule has 2 N–H and O–H groups in total. The number of aliphatic carboxylic acids is 1. The number of nitrogens with one attached hydrogen (secondary N) is 1. The summed E-state index contributed by atoms with van der Waals surface area (Å²) < 4.78 is 5.35. The number of nitrogens with zero attached hydrogens (tertiary/aromatic N) is 1. The molecule has 0 aliphatic carbocycles. The topological polar surface area (TPSA) is 95.9 Å². The van der Waals surface area contributed by atoms with Gasteiger partial charge in [-0.15, -0.1) is 11.3 Å². The second-order valence-corrected chi connectivity index (χ2v) is 8.63. The van der Waals surface area contributed by atoms with E-state index in [0.717, 1.165) is 30.6 Å². The molecule has 0 aliphatic rings. The van der Waals surface area contributed by atoms with E-state index in [1.165, 1.54) is 6.07 Å². The highest BCUT2D eigenvalue weighted by Gasteiger charge is 2.27. The van der Waals surface area contributed by atoms with Gasteiger partial charge in [-0.2, -0.15) is 0 Å². The van der Waals surface area contributed by atoms with Gasteiger partial charge in [-0.25, -0.2) is 0 Å². The molecule has 1 atom stereocenters. The Hall–Kier alpha value is -1.35. The Labute approximate surface area is 185 Å². The van der Waals surface area contributed by atoms with Gasteiger partial charge in [0.05, 0.1) is 9.90 Å². The third kappa shape index (κ3) is 9.33. The highest BCUT2D eigenvalue weighted by Crippen LogP contribution is 2.31. The smallest absolute Gasteiger partial charge is 0.303 e. The van der Waals surface area contributed by atoms with Gasteiger partial charge in [0.15, 0.2) is 0 Å². The summed E-state index contributed by atoms with van der Waals surface area (Å²) in [5.74, 6) is -1.82. The highest BCUT2D eigenvalue weighted by molar-refractivity contribution is 7.18. The van der Waals surface area contributed by atoms with Crippen LogP contribution in [0.1, 0.15) is 55.1 Å². The molecule has 10 heteroatoms. The standard InChI is InChI=1S/C19H28Cl2N2O5S/c1-3-4-5-9-23(10-6-11-28-2)19(27)14(7-8-16(24)25)22-18(26)15-12-13(20)17(21)29-15/h12,14H,3-11H2,1-2H3,(H,22,26)(H,24,25)/t14-/m1/s1. The molecule has 7 nitrogen and oxygen atoms in total. The lowest BCUT2D eigenvalue weighted by molar-refractivity contribution is -0.138. The number of hydrogen-bond donors (Lipinski definition) is 2. The van der Waals surface area contributed by atoms with Gasteiger partial charge >= 0.3 is 5.97 Å². The quantitative estimate of drug-likeness (QED) is 0.402. The third-order valence-electron chi connectivity index (χ3n) is 4.24. The third-order valence-corrected chi connectivity index (χ3v) is 6.10. The van der Waals surface area contributed by atoms with Crippen LogP contribution < -0.4 is 5.32 Å². The number of halogens is 2. The molecule has 0 fully saturated rings. The fourth-order valence-corrected chi connectivity index (χ4v) is 3.99. The van der Waals surface area contributed by atoms with E-state index >= 15 is 0 Å². The first kappa shape index (κ1) is 25.7. The second-order valence-electron chi connectivity index (χ2n) is 6.57. The van der Waals surface area contributed by atoms with Crippen molar-refractivity contribution in [3.05, 3.63) is 20.3 Å². The molecule has 0 unspecified atom stereocenters. The number of thiophene rings is 1. The van der Waals surface area contributed by atoms with Crippen LogP contribution in [0.4, 0.5) is 0 Å². The molecule has 0 saturated heterocycles. The number of carboxylic acids is 1. The molecule has 0 saturated carbocycles. The molecule has 0 aromatic carbocycles. The molecule has 0 bridgehead atoms. The number of carboxylic acid groups (broad SMARTS) is 1. The predicted octanol–water partition coefficient (Wildman–Crippen LogP) is 4.07. The molecule has 1 aromatic heterocycles. The predicted molar refractivity (Wildman–Crippen MR) is 115 cm³/mol. The van der Waals surface area contributed by atoms with E-state index in [-0.39, 0.29) is 33.0 Å². The number of unbranched alkanes of at least 4 members (excludes halogenated alkanes) is 2. The maximum absolute atomic E-state index is 13.1. The van der Waals surface area contributed by atoms with Crippen LogP contribution in [0.2, 0.25) is 9.36 Å². The monoisotopic (exact) mass is 466 g/mol. The summed E-state index contributed by atoms with van der Waals surface area (Å²) in [6, 6.07) is 0.489. The Balaban J connectivity index is 2.92. The number of methoxy groups -OCH3 is 1. The number of carbonyl (C=O) groups excluding carboxylic acids is 2. The molecule has 1 rings (SSSR count). The van der Waals surface area contributed by atoms with E-state index in [4.69, 9.17) is 33.0 Å². The van der Waals surface area contributed by atoms with Gasteiger partial charge in [0.1, 0.15) is 10.4 Å². The van der Waals surface area contributed by atoms with Crippen LogP contribution >= 0.6 is 34.5 Å². The van der Waals surface area contributed by atoms with Gasteiger partial charge in [-0.1, -0.05) is 43.0 Å². The van der Waals surface area contributed by atoms with Crippen LogP contribution in [0.3, 0.4) is 0 Å². The molecule has 0 spiro atoms. The van der Waals surface area contributed by atoms with Crippen LogP contribution in [0.15, 0.2) is 6.07 Å². The lowest BCUT2D eigenvalue weighted by Gasteiger charge is -2.28. The van der Waals surface area contributed by atoms with Gasteiger partial charge in [0.2, 0.25) is 5.91 Å². The summed E-state index contributed by atoms with van der Waals surface area (Å²) >= 11 is 12.8. The molecule has 0 aliphatic heterocycles. The van der Waals surface area contributed by atoms with Crippen LogP contribution in [0.25, 0.3) is 0 Å². The van der Waals surface area contributed by atoms with Crippen molar-refractivity contribution in [3.63, 3.8) is 0 Å². The average Bonchev–Trinajstić information content (AvgIpc) is 3.02. The summed E-state index contributed by atoms with van der Waals surface area (Å²) in [5.41, 5.74) is 0.